The largest absolute Gasteiger partial charge is 0.418 e. The number of piperidine rings is 1. The van der Waals surface area contributed by atoms with Gasteiger partial charge in [-0.2, -0.15) is 27.1 Å². The first-order valence-corrected chi connectivity index (χ1v) is 11.3. The fraction of sp³-hybridized carbons (Fsp3) is 0.545. The van der Waals surface area contributed by atoms with Crippen LogP contribution >= 0.6 is 0 Å². The number of hydrogen-bond acceptors (Lipinski definition) is 7. The Morgan fingerprint density at radius 1 is 1.17 bits per heavy atom. The minimum atomic E-state index is -4.82. The smallest absolute Gasteiger partial charge is 0.417 e. The molecule has 1 aromatic carbocycles. The molecule has 36 heavy (non-hydrogen) atoms. The Kier molecular flexibility index (Phi) is 5.57. The highest BCUT2D eigenvalue weighted by atomic mass is 19.4. The second-order valence-corrected chi connectivity index (χ2v) is 9.66. The van der Waals surface area contributed by atoms with Crippen LogP contribution < -0.4 is 5.32 Å². The lowest BCUT2D eigenvalue weighted by atomic mass is 9.64. The van der Waals surface area contributed by atoms with E-state index in [0.29, 0.717) is 25.8 Å². The zero-order chi connectivity index (χ0) is 26.0. The molecule has 2 aromatic heterocycles. The van der Waals surface area contributed by atoms with Gasteiger partial charge in [-0.05, 0) is 37.3 Å². The van der Waals surface area contributed by atoms with E-state index in [9.17, 15) is 26.3 Å². The Bertz CT molecular complexity index is 1280. The summed E-state index contributed by atoms with van der Waals surface area (Å²) < 4.78 is 89.6. The van der Waals surface area contributed by atoms with Gasteiger partial charge in [-0.25, -0.2) is 9.37 Å². The first kappa shape index (κ1) is 24.5. The van der Waals surface area contributed by atoms with Gasteiger partial charge in [0.25, 0.3) is 5.89 Å². The Hall–Kier alpha value is -3.16. The fourth-order valence-corrected chi connectivity index (χ4v) is 5.32. The van der Waals surface area contributed by atoms with Crippen molar-refractivity contribution in [1.82, 2.24) is 29.9 Å². The van der Waals surface area contributed by atoms with Crippen molar-refractivity contribution in [2.75, 3.05) is 12.0 Å². The maximum Gasteiger partial charge on any atom is 0.417 e. The van der Waals surface area contributed by atoms with Crippen LogP contribution in [0.15, 0.2) is 22.9 Å². The second kappa shape index (κ2) is 8.18. The van der Waals surface area contributed by atoms with Gasteiger partial charge in [0.1, 0.15) is 17.7 Å². The van der Waals surface area contributed by atoms with Gasteiger partial charge in [0.05, 0.1) is 17.9 Å². The van der Waals surface area contributed by atoms with E-state index < -0.39 is 34.9 Å². The summed E-state index contributed by atoms with van der Waals surface area (Å²) in [7, 11) is 1.51. The maximum atomic E-state index is 14.8. The fourth-order valence-electron chi connectivity index (χ4n) is 5.32. The molecule has 3 aliphatic rings. The molecule has 2 saturated heterocycles. The van der Waals surface area contributed by atoms with Crippen molar-refractivity contribution in [2.45, 2.75) is 56.8 Å². The summed E-state index contributed by atoms with van der Waals surface area (Å²) in [5, 5.41) is 14.2. The summed E-state index contributed by atoms with van der Waals surface area (Å²) in [4.78, 5) is 5.79. The highest BCUT2D eigenvalue weighted by Crippen LogP contribution is 2.55. The highest BCUT2D eigenvalue weighted by Gasteiger charge is 2.60. The number of nitrogens with zero attached hydrogens (tertiary/aromatic N) is 6. The van der Waals surface area contributed by atoms with Crippen LogP contribution in [0.1, 0.15) is 50.5 Å². The topological polar surface area (TPSA) is 84.9 Å². The van der Waals surface area contributed by atoms with Gasteiger partial charge in [0, 0.05) is 25.6 Å². The van der Waals surface area contributed by atoms with Crippen LogP contribution in [-0.4, -0.2) is 42.6 Å². The van der Waals surface area contributed by atoms with Gasteiger partial charge in [-0.3, -0.25) is 9.58 Å². The van der Waals surface area contributed by atoms with Crippen molar-refractivity contribution < 1.29 is 30.8 Å². The molecule has 0 spiro atoms. The molecule has 3 fully saturated rings. The lowest BCUT2D eigenvalue weighted by Gasteiger charge is -2.61. The summed E-state index contributed by atoms with van der Waals surface area (Å²) >= 11 is 0. The molecule has 3 atom stereocenters. The van der Waals surface area contributed by atoms with Crippen LogP contribution in [0, 0.1) is 11.7 Å². The molecule has 4 heterocycles. The maximum absolute atomic E-state index is 14.8. The van der Waals surface area contributed by atoms with Crippen molar-refractivity contribution in [3.63, 3.8) is 0 Å². The van der Waals surface area contributed by atoms with E-state index in [1.54, 1.807) is 0 Å². The number of halogens is 6. The first-order chi connectivity index (χ1) is 16.8. The number of aromatic nitrogens is 5. The van der Waals surface area contributed by atoms with Gasteiger partial charge >= 0.3 is 12.1 Å². The number of benzene rings is 1. The standard InChI is InChI=1S/C22H23F6N7O/c1-11-4-12-8-21(7-11,19-32-31-18(36-19)20(2,24)25)35(12)10-29-16-5-13(17-30-9-34(3)33-17)14(6-15(16)23)22(26,27)28/h5-6,9,11-12,29H,4,7-8,10H2,1-3H3/t11-,12-,21+/m0/s1. The van der Waals surface area contributed by atoms with Crippen molar-refractivity contribution in [3.05, 3.63) is 41.6 Å². The van der Waals surface area contributed by atoms with Gasteiger partial charge in [-0.15, -0.1) is 10.2 Å². The predicted octanol–water partition coefficient (Wildman–Crippen LogP) is 4.90. The Morgan fingerprint density at radius 2 is 1.92 bits per heavy atom. The molecule has 1 saturated carbocycles. The Morgan fingerprint density at radius 3 is 2.53 bits per heavy atom. The van der Waals surface area contributed by atoms with Crippen molar-refractivity contribution in [1.29, 1.82) is 0 Å². The molecule has 0 radical (unpaired) electrons. The molecule has 14 heteroatoms. The van der Waals surface area contributed by atoms with Crippen LogP contribution in [0.2, 0.25) is 0 Å². The summed E-state index contributed by atoms with van der Waals surface area (Å²) in [5.74, 6) is -5.08. The van der Waals surface area contributed by atoms with E-state index >= 15 is 0 Å². The summed E-state index contributed by atoms with van der Waals surface area (Å²) in [6, 6.07) is 1.48. The minimum Gasteiger partial charge on any atom is -0.418 e. The first-order valence-electron chi connectivity index (χ1n) is 11.3. The molecule has 2 bridgehead atoms. The Labute approximate surface area is 201 Å². The molecular formula is C22H23F6N7O. The third-order valence-electron chi connectivity index (χ3n) is 6.82. The van der Waals surface area contributed by atoms with Crippen molar-refractivity contribution in [2.24, 2.45) is 13.0 Å². The monoisotopic (exact) mass is 515 g/mol. The normalized spacial score (nSPS) is 24.6. The van der Waals surface area contributed by atoms with E-state index in [1.807, 2.05) is 11.8 Å². The van der Waals surface area contributed by atoms with Crippen molar-refractivity contribution >= 4 is 5.69 Å². The molecule has 194 valence electrons. The SMILES string of the molecule is C[C@H]1C[C@H]2C[C@@](c3nnc(C(C)(F)F)o3)(C1)N2CNc1cc(-c2ncn(C)n2)c(C(F)(F)F)cc1F. The molecule has 0 unspecified atom stereocenters. The molecule has 1 aliphatic carbocycles. The van der Waals surface area contributed by atoms with E-state index in [0.717, 1.165) is 12.5 Å². The number of nitrogens with one attached hydrogen (secondary N) is 1. The van der Waals surface area contributed by atoms with E-state index in [1.165, 1.54) is 18.1 Å². The van der Waals surface area contributed by atoms with Crippen LogP contribution in [0.3, 0.4) is 0 Å². The van der Waals surface area contributed by atoms with E-state index in [2.05, 4.69) is 25.6 Å². The zero-order valence-electron chi connectivity index (χ0n) is 19.6. The van der Waals surface area contributed by atoms with Crippen LogP contribution in [0.25, 0.3) is 11.4 Å². The van der Waals surface area contributed by atoms with Crippen LogP contribution in [-0.2, 0) is 24.7 Å². The summed E-state index contributed by atoms with van der Waals surface area (Å²) in [5.41, 5.74) is -2.56. The number of rotatable bonds is 6. The van der Waals surface area contributed by atoms with Gasteiger partial charge in [0.2, 0.25) is 5.89 Å². The lowest BCUT2D eigenvalue weighted by Crippen LogP contribution is -2.68. The number of aryl methyl sites for hydroxylation is 1. The Balaban J connectivity index is 1.44. The average Bonchev–Trinajstić information content (AvgIpc) is 3.43. The molecule has 3 aromatic rings. The molecule has 6 rings (SSSR count). The second-order valence-electron chi connectivity index (χ2n) is 9.66. The third-order valence-corrected chi connectivity index (χ3v) is 6.82. The van der Waals surface area contributed by atoms with Crippen LogP contribution in [0.5, 0.6) is 0 Å². The molecule has 0 amide bonds. The zero-order valence-corrected chi connectivity index (χ0v) is 19.6. The average molecular weight is 515 g/mol. The number of anilines is 1. The molecule has 8 nitrogen and oxygen atoms in total. The summed E-state index contributed by atoms with van der Waals surface area (Å²) in [6.07, 6.45) is -1.61. The minimum absolute atomic E-state index is 0.0228. The summed E-state index contributed by atoms with van der Waals surface area (Å²) in [6.45, 7) is 2.71. The third kappa shape index (κ3) is 4.10. The lowest BCUT2D eigenvalue weighted by molar-refractivity contribution is -0.146. The molecule has 1 N–H and O–H groups in total. The van der Waals surface area contributed by atoms with Crippen molar-refractivity contribution in [3.8, 4) is 11.4 Å². The van der Waals surface area contributed by atoms with E-state index in [4.69, 9.17) is 4.42 Å². The number of alkyl halides is 5. The van der Waals surface area contributed by atoms with E-state index in [-0.39, 0.29) is 41.6 Å². The predicted molar refractivity (Wildman–Crippen MR) is 114 cm³/mol. The number of fused-ring (bicyclic) bond motifs is 2. The quantitative estimate of drug-likeness (QED) is 0.468. The van der Waals surface area contributed by atoms with Gasteiger partial charge in [0.15, 0.2) is 5.82 Å². The van der Waals surface area contributed by atoms with Gasteiger partial charge in [-0.1, -0.05) is 6.92 Å². The van der Waals surface area contributed by atoms with Crippen LogP contribution in [0.4, 0.5) is 32.0 Å². The molecule has 2 aliphatic heterocycles. The highest BCUT2D eigenvalue weighted by molar-refractivity contribution is 5.67. The van der Waals surface area contributed by atoms with Gasteiger partial charge < -0.3 is 9.73 Å². The molecular weight excluding hydrogens is 492 g/mol. The number of hydrogen-bond donors (Lipinski definition) is 1.